The third-order valence-electron chi connectivity index (χ3n) is 4.22. The van der Waals surface area contributed by atoms with Gasteiger partial charge in [-0.3, -0.25) is 0 Å². The van der Waals surface area contributed by atoms with E-state index in [4.69, 9.17) is 15.6 Å². The SMILES string of the molecule is CNCCOc1ccc2nc(-n3nc(Nc4ccc(S(N)(=O)=O)cc4)nc3N)sc2c1. The molecule has 2 aromatic carbocycles. The fourth-order valence-corrected chi connectivity index (χ4v) is 4.19. The van der Waals surface area contributed by atoms with Crippen LogP contribution in [0.4, 0.5) is 17.6 Å². The molecule has 0 atom stereocenters. The summed E-state index contributed by atoms with van der Waals surface area (Å²) in [4.78, 5) is 8.78. The smallest absolute Gasteiger partial charge is 0.248 e. The van der Waals surface area contributed by atoms with Crippen LogP contribution >= 0.6 is 11.3 Å². The van der Waals surface area contributed by atoms with Gasteiger partial charge in [-0.25, -0.2) is 18.5 Å². The number of nitrogens with zero attached hydrogens (tertiary/aromatic N) is 4. The number of likely N-dealkylation sites (N-methyl/N-ethyl adjacent to an activating group) is 1. The molecule has 0 unspecified atom stereocenters. The molecule has 2 heterocycles. The molecule has 13 heteroatoms. The van der Waals surface area contributed by atoms with Crippen molar-refractivity contribution in [1.29, 1.82) is 0 Å². The summed E-state index contributed by atoms with van der Waals surface area (Å²) in [7, 11) is -1.89. The van der Waals surface area contributed by atoms with E-state index in [1.165, 1.54) is 28.2 Å². The number of hydrogen-bond donors (Lipinski definition) is 4. The van der Waals surface area contributed by atoms with Gasteiger partial charge in [0, 0.05) is 12.2 Å². The summed E-state index contributed by atoms with van der Waals surface area (Å²) in [6.07, 6.45) is 0. The third-order valence-corrected chi connectivity index (χ3v) is 6.14. The lowest BCUT2D eigenvalue weighted by Gasteiger charge is -2.04. The van der Waals surface area contributed by atoms with E-state index in [1.807, 2.05) is 25.2 Å². The number of hydrogen-bond acceptors (Lipinski definition) is 10. The molecule has 31 heavy (non-hydrogen) atoms. The van der Waals surface area contributed by atoms with Crippen LogP contribution < -0.4 is 26.2 Å². The van der Waals surface area contributed by atoms with E-state index in [-0.39, 0.29) is 16.8 Å². The summed E-state index contributed by atoms with van der Waals surface area (Å²) in [6.45, 7) is 1.32. The first-order chi connectivity index (χ1) is 14.8. The van der Waals surface area contributed by atoms with Crippen LogP contribution in [0, 0.1) is 0 Å². The Morgan fingerprint density at radius 2 is 1.94 bits per heavy atom. The number of anilines is 3. The van der Waals surface area contributed by atoms with Crippen molar-refractivity contribution in [1.82, 2.24) is 25.1 Å². The molecular weight excluding hydrogens is 440 g/mol. The monoisotopic (exact) mass is 460 g/mol. The van der Waals surface area contributed by atoms with Crippen LogP contribution in [0.1, 0.15) is 0 Å². The minimum Gasteiger partial charge on any atom is -0.492 e. The van der Waals surface area contributed by atoms with Gasteiger partial charge in [-0.15, -0.1) is 5.10 Å². The predicted octanol–water partition coefficient (Wildman–Crippen LogP) is 1.45. The Balaban J connectivity index is 1.55. The maximum absolute atomic E-state index is 11.4. The maximum Gasteiger partial charge on any atom is 0.248 e. The van der Waals surface area contributed by atoms with Crippen molar-refractivity contribution in [2.75, 3.05) is 31.2 Å². The molecule has 0 fully saturated rings. The van der Waals surface area contributed by atoms with Gasteiger partial charge in [-0.05, 0) is 49.5 Å². The number of aromatic nitrogens is 4. The maximum atomic E-state index is 11.4. The molecule has 0 aliphatic heterocycles. The number of nitrogen functional groups attached to an aromatic ring is 1. The number of nitrogens with one attached hydrogen (secondary N) is 2. The lowest BCUT2D eigenvalue weighted by molar-refractivity contribution is 0.319. The summed E-state index contributed by atoms with van der Waals surface area (Å²) in [6, 6.07) is 11.6. The molecule has 4 aromatic rings. The number of nitrogens with two attached hydrogens (primary N) is 2. The molecule has 0 saturated heterocycles. The highest BCUT2D eigenvalue weighted by Crippen LogP contribution is 2.29. The zero-order valence-electron chi connectivity index (χ0n) is 16.4. The van der Waals surface area contributed by atoms with E-state index >= 15 is 0 Å². The van der Waals surface area contributed by atoms with E-state index in [0.717, 1.165) is 22.5 Å². The Morgan fingerprint density at radius 1 is 1.16 bits per heavy atom. The lowest BCUT2D eigenvalue weighted by Crippen LogP contribution is -2.15. The van der Waals surface area contributed by atoms with Crippen LogP contribution in [-0.2, 0) is 10.0 Å². The fourth-order valence-electron chi connectivity index (χ4n) is 2.72. The highest BCUT2D eigenvalue weighted by atomic mass is 32.2. The molecule has 0 aliphatic carbocycles. The number of thiazole rings is 1. The van der Waals surface area contributed by atoms with Gasteiger partial charge in [0.25, 0.3) is 0 Å². The zero-order valence-corrected chi connectivity index (χ0v) is 18.1. The first-order valence-electron chi connectivity index (χ1n) is 9.14. The number of fused-ring (bicyclic) bond motifs is 1. The Kier molecular flexibility index (Phi) is 5.73. The van der Waals surface area contributed by atoms with Gasteiger partial charge < -0.3 is 21.1 Å². The number of primary sulfonamides is 1. The van der Waals surface area contributed by atoms with Gasteiger partial charge in [0.05, 0.1) is 15.1 Å². The van der Waals surface area contributed by atoms with Gasteiger partial charge in [-0.2, -0.15) is 9.67 Å². The van der Waals surface area contributed by atoms with Gasteiger partial charge >= 0.3 is 0 Å². The van der Waals surface area contributed by atoms with Crippen molar-refractivity contribution < 1.29 is 13.2 Å². The van der Waals surface area contributed by atoms with Crippen molar-refractivity contribution in [3.8, 4) is 10.9 Å². The summed E-state index contributed by atoms with van der Waals surface area (Å²) >= 11 is 1.41. The van der Waals surface area contributed by atoms with Crippen LogP contribution in [0.15, 0.2) is 47.4 Å². The summed E-state index contributed by atoms with van der Waals surface area (Å²) in [5, 5.41) is 16.0. The molecule has 4 rings (SSSR count). The second kappa shape index (κ2) is 8.47. The van der Waals surface area contributed by atoms with E-state index in [1.54, 1.807) is 12.1 Å². The van der Waals surface area contributed by atoms with Crippen molar-refractivity contribution in [3.63, 3.8) is 0 Å². The van der Waals surface area contributed by atoms with Crippen molar-refractivity contribution in [2.45, 2.75) is 4.90 Å². The van der Waals surface area contributed by atoms with Crippen LogP contribution in [0.5, 0.6) is 5.75 Å². The molecule has 162 valence electrons. The first-order valence-corrected chi connectivity index (χ1v) is 11.5. The highest BCUT2D eigenvalue weighted by Gasteiger charge is 2.14. The fraction of sp³-hybridized carbons (Fsp3) is 0.167. The van der Waals surface area contributed by atoms with Crippen LogP contribution in [0.25, 0.3) is 15.3 Å². The standard InChI is InChI=1S/C18H20N8O3S2/c1-21-8-9-29-12-4-7-14-15(10-12)30-18(23-14)26-16(19)24-17(25-26)22-11-2-5-13(6-3-11)31(20,27)28/h2-7,10,21H,8-9H2,1H3,(H2,20,27,28)(H3,19,22,24,25). The zero-order chi connectivity index (χ0) is 22.0. The Bertz CT molecular complexity index is 1320. The Hall–Kier alpha value is -3.26. The van der Waals surface area contributed by atoms with Crippen LogP contribution in [0.3, 0.4) is 0 Å². The molecule has 0 spiro atoms. The molecule has 0 aliphatic rings. The lowest BCUT2D eigenvalue weighted by atomic mass is 10.3. The van der Waals surface area contributed by atoms with Crippen molar-refractivity contribution >= 4 is 49.2 Å². The predicted molar refractivity (Wildman–Crippen MR) is 119 cm³/mol. The molecular formula is C18H20N8O3S2. The number of benzene rings is 2. The largest absolute Gasteiger partial charge is 0.492 e. The Morgan fingerprint density at radius 3 is 2.65 bits per heavy atom. The molecule has 2 aromatic heterocycles. The minimum atomic E-state index is -3.76. The minimum absolute atomic E-state index is 0.0137. The number of sulfonamides is 1. The summed E-state index contributed by atoms with van der Waals surface area (Å²) in [5.74, 6) is 1.17. The average molecular weight is 461 g/mol. The number of rotatable bonds is 8. The molecule has 0 saturated carbocycles. The van der Waals surface area contributed by atoms with E-state index in [0.29, 0.717) is 17.4 Å². The second-order valence-corrected chi connectivity index (χ2v) is 9.05. The third kappa shape index (κ3) is 4.74. The van der Waals surface area contributed by atoms with Gasteiger partial charge in [-0.1, -0.05) is 11.3 Å². The van der Waals surface area contributed by atoms with Gasteiger partial charge in [0.1, 0.15) is 12.4 Å². The average Bonchev–Trinajstić information content (AvgIpc) is 3.30. The summed E-state index contributed by atoms with van der Waals surface area (Å²) in [5.41, 5.74) is 7.41. The second-order valence-electron chi connectivity index (χ2n) is 6.48. The molecule has 0 amide bonds. The van der Waals surface area contributed by atoms with Gasteiger partial charge in [0.2, 0.25) is 27.1 Å². The van der Waals surface area contributed by atoms with Crippen LogP contribution in [-0.4, -0.2) is 48.4 Å². The topological polar surface area (TPSA) is 163 Å². The normalized spacial score (nSPS) is 11.7. The summed E-state index contributed by atoms with van der Waals surface area (Å²) < 4.78 is 30.8. The van der Waals surface area contributed by atoms with E-state index in [2.05, 4.69) is 25.7 Å². The number of ether oxygens (including phenoxy) is 1. The van der Waals surface area contributed by atoms with E-state index in [9.17, 15) is 8.42 Å². The van der Waals surface area contributed by atoms with Crippen LogP contribution in [0.2, 0.25) is 0 Å². The first kappa shape index (κ1) is 21.0. The molecule has 6 N–H and O–H groups in total. The van der Waals surface area contributed by atoms with Crippen molar-refractivity contribution in [3.05, 3.63) is 42.5 Å². The quantitative estimate of drug-likeness (QED) is 0.285. The molecule has 11 nitrogen and oxygen atoms in total. The van der Waals surface area contributed by atoms with Gasteiger partial charge in [0.15, 0.2) is 0 Å². The molecule has 0 radical (unpaired) electrons. The van der Waals surface area contributed by atoms with E-state index < -0.39 is 10.0 Å². The van der Waals surface area contributed by atoms with Crippen molar-refractivity contribution in [2.24, 2.45) is 5.14 Å². The molecule has 0 bridgehead atoms. The highest BCUT2D eigenvalue weighted by molar-refractivity contribution is 7.89. The Labute approximate surface area is 182 Å².